The first-order valence-electron chi connectivity index (χ1n) is 5.63. The second-order valence-corrected chi connectivity index (χ2v) is 4.47. The molecule has 0 unspecified atom stereocenters. The van der Waals surface area contributed by atoms with E-state index < -0.39 is 17.4 Å². The SMILES string of the molecule is O=C(/C=C/c1ccc(F)c(F)c1)c1ccc(Cl)cc1O. The maximum absolute atomic E-state index is 13.0. The van der Waals surface area contributed by atoms with Gasteiger partial charge in [-0.15, -0.1) is 0 Å². The smallest absolute Gasteiger partial charge is 0.189 e. The highest BCUT2D eigenvalue weighted by atomic mass is 35.5. The van der Waals surface area contributed by atoms with Crippen LogP contribution in [0, 0.1) is 11.6 Å². The van der Waals surface area contributed by atoms with Gasteiger partial charge in [0.2, 0.25) is 0 Å². The van der Waals surface area contributed by atoms with Crippen LogP contribution in [0.5, 0.6) is 5.75 Å². The quantitative estimate of drug-likeness (QED) is 0.680. The highest BCUT2D eigenvalue weighted by molar-refractivity contribution is 6.31. The van der Waals surface area contributed by atoms with E-state index in [1.165, 1.54) is 30.3 Å². The Morgan fingerprint density at radius 2 is 1.85 bits per heavy atom. The number of carbonyl (C=O) groups is 1. The Morgan fingerprint density at radius 1 is 1.10 bits per heavy atom. The third kappa shape index (κ3) is 3.22. The van der Waals surface area contributed by atoms with E-state index in [2.05, 4.69) is 0 Å². The van der Waals surface area contributed by atoms with Gasteiger partial charge >= 0.3 is 0 Å². The maximum atomic E-state index is 13.0. The van der Waals surface area contributed by atoms with Crippen molar-refractivity contribution in [2.45, 2.75) is 0 Å². The van der Waals surface area contributed by atoms with Crippen molar-refractivity contribution >= 4 is 23.5 Å². The fourth-order valence-electron chi connectivity index (χ4n) is 1.59. The number of rotatable bonds is 3. The summed E-state index contributed by atoms with van der Waals surface area (Å²) in [4.78, 5) is 11.8. The van der Waals surface area contributed by atoms with Crippen LogP contribution in [0.3, 0.4) is 0 Å². The third-order valence-corrected chi connectivity index (χ3v) is 2.83. The van der Waals surface area contributed by atoms with Gasteiger partial charge in [0, 0.05) is 5.02 Å². The molecule has 2 nitrogen and oxygen atoms in total. The molecule has 0 radical (unpaired) electrons. The first-order chi connectivity index (χ1) is 9.47. The van der Waals surface area contributed by atoms with E-state index in [0.717, 1.165) is 18.2 Å². The number of ketones is 1. The second-order valence-electron chi connectivity index (χ2n) is 4.03. The van der Waals surface area contributed by atoms with Gasteiger partial charge in [0.1, 0.15) is 5.75 Å². The van der Waals surface area contributed by atoms with Gasteiger partial charge in [0.25, 0.3) is 0 Å². The van der Waals surface area contributed by atoms with Crippen LogP contribution in [0.4, 0.5) is 8.78 Å². The van der Waals surface area contributed by atoms with Gasteiger partial charge in [-0.2, -0.15) is 0 Å². The summed E-state index contributed by atoms with van der Waals surface area (Å²) >= 11 is 5.66. The van der Waals surface area contributed by atoms with E-state index in [9.17, 15) is 18.7 Å². The lowest BCUT2D eigenvalue weighted by molar-refractivity contribution is 0.104. The van der Waals surface area contributed by atoms with Crippen molar-refractivity contribution in [2.75, 3.05) is 0 Å². The van der Waals surface area contributed by atoms with Gasteiger partial charge in [-0.3, -0.25) is 4.79 Å². The van der Waals surface area contributed by atoms with Crippen LogP contribution in [0.1, 0.15) is 15.9 Å². The monoisotopic (exact) mass is 294 g/mol. The average molecular weight is 295 g/mol. The van der Waals surface area contributed by atoms with Gasteiger partial charge < -0.3 is 5.11 Å². The van der Waals surface area contributed by atoms with E-state index in [4.69, 9.17) is 11.6 Å². The number of aromatic hydroxyl groups is 1. The Hall–Kier alpha value is -2.20. The van der Waals surface area contributed by atoms with Crippen LogP contribution in [0.25, 0.3) is 6.08 Å². The standard InChI is InChI=1S/C15H9ClF2O2/c16-10-3-4-11(15(20)8-10)14(19)6-2-9-1-5-12(17)13(18)7-9/h1-8,20H/b6-2+. The van der Waals surface area contributed by atoms with Crippen molar-refractivity contribution in [2.24, 2.45) is 0 Å². The Labute approximate surface area is 118 Å². The third-order valence-electron chi connectivity index (χ3n) is 2.60. The molecule has 0 spiro atoms. The molecular formula is C15H9ClF2O2. The van der Waals surface area contributed by atoms with E-state index >= 15 is 0 Å². The molecule has 0 amide bonds. The molecule has 0 aliphatic carbocycles. The summed E-state index contributed by atoms with van der Waals surface area (Å²) in [5.41, 5.74) is 0.416. The van der Waals surface area contributed by atoms with Gasteiger partial charge in [-0.1, -0.05) is 23.7 Å². The largest absolute Gasteiger partial charge is 0.507 e. The first kappa shape index (κ1) is 14.2. The average Bonchev–Trinajstić information content (AvgIpc) is 2.40. The maximum Gasteiger partial charge on any atom is 0.189 e. The van der Waals surface area contributed by atoms with E-state index in [1.54, 1.807) is 0 Å². The van der Waals surface area contributed by atoms with Crippen LogP contribution >= 0.6 is 11.6 Å². The van der Waals surface area contributed by atoms with Crippen LogP contribution < -0.4 is 0 Å². The molecule has 0 fully saturated rings. The number of hydrogen-bond donors (Lipinski definition) is 1. The number of allylic oxidation sites excluding steroid dienone is 1. The molecule has 0 heterocycles. The van der Waals surface area contributed by atoms with Gasteiger partial charge in [0.15, 0.2) is 17.4 Å². The molecule has 102 valence electrons. The molecule has 0 aliphatic rings. The summed E-state index contributed by atoms with van der Waals surface area (Å²) in [7, 11) is 0. The molecule has 0 atom stereocenters. The lowest BCUT2D eigenvalue weighted by atomic mass is 10.1. The molecule has 0 aliphatic heterocycles. The molecule has 20 heavy (non-hydrogen) atoms. The normalized spacial score (nSPS) is 10.9. The lowest BCUT2D eigenvalue weighted by Gasteiger charge is -2.01. The molecule has 0 saturated heterocycles. The van der Waals surface area contributed by atoms with Gasteiger partial charge in [-0.05, 0) is 42.0 Å². The van der Waals surface area contributed by atoms with Crippen molar-refractivity contribution in [3.63, 3.8) is 0 Å². The number of carbonyl (C=O) groups excluding carboxylic acids is 1. The molecule has 2 aromatic carbocycles. The summed E-state index contributed by atoms with van der Waals surface area (Å²) in [5, 5.41) is 9.90. The Bertz CT molecular complexity index is 696. The molecule has 2 rings (SSSR count). The van der Waals surface area contributed by atoms with Crippen molar-refractivity contribution in [1.82, 2.24) is 0 Å². The summed E-state index contributed by atoms with van der Waals surface area (Å²) in [6.07, 6.45) is 2.49. The number of phenolic OH excluding ortho intramolecular Hbond substituents is 1. The van der Waals surface area contributed by atoms with Gasteiger partial charge in [0.05, 0.1) is 5.56 Å². The Kier molecular flexibility index (Phi) is 4.15. The zero-order chi connectivity index (χ0) is 14.7. The zero-order valence-electron chi connectivity index (χ0n) is 10.1. The highest BCUT2D eigenvalue weighted by Gasteiger charge is 2.08. The lowest BCUT2D eigenvalue weighted by Crippen LogP contribution is -1.94. The number of hydrogen-bond acceptors (Lipinski definition) is 2. The van der Waals surface area contributed by atoms with Crippen LogP contribution in [0.2, 0.25) is 5.02 Å². The minimum atomic E-state index is -0.992. The van der Waals surface area contributed by atoms with Crippen LogP contribution in [-0.4, -0.2) is 10.9 Å². The molecule has 5 heteroatoms. The molecular weight excluding hydrogens is 286 g/mol. The second kappa shape index (κ2) is 5.84. The number of halogens is 3. The van der Waals surface area contributed by atoms with Crippen molar-refractivity contribution in [3.8, 4) is 5.75 Å². The van der Waals surface area contributed by atoms with E-state index in [-0.39, 0.29) is 11.3 Å². The minimum Gasteiger partial charge on any atom is -0.507 e. The predicted molar refractivity (Wildman–Crippen MR) is 72.8 cm³/mol. The fourth-order valence-corrected chi connectivity index (χ4v) is 1.76. The number of phenols is 1. The summed E-state index contributed by atoms with van der Waals surface area (Å²) in [6, 6.07) is 7.39. The summed E-state index contributed by atoms with van der Waals surface area (Å²) in [6.45, 7) is 0. The predicted octanol–water partition coefficient (Wildman–Crippen LogP) is 4.22. The Balaban J connectivity index is 2.22. The zero-order valence-corrected chi connectivity index (χ0v) is 10.9. The first-order valence-corrected chi connectivity index (χ1v) is 6.01. The Morgan fingerprint density at radius 3 is 2.50 bits per heavy atom. The summed E-state index contributed by atoms with van der Waals surface area (Å²) in [5.74, 6) is -2.65. The van der Waals surface area contributed by atoms with Crippen molar-refractivity contribution in [1.29, 1.82) is 0 Å². The highest BCUT2D eigenvalue weighted by Crippen LogP contribution is 2.22. The molecule has 2 aromatic rings. The number of benzene rings is 2. The van der Waals surface area contributed by atoms with Crippen LogP contribution in [-0.2, 0) is 0 Å². The summed E-state index contributed by atoms with van der Waals surface area (Å²) < 4.78 is 25.7. The topological polar surface area (TPSA) is 37.3 Å². The molecule has 1 N–H and O–H groups in total. The van der Waals surface area contributed by atoms with Crippen molar-refractivity contribution < 1.29 is 18.7 Å². The van der Waals surface area contributed by atoms with Crippen molar-refractivity contribution in [3.05, 3.63) is 70.3 Å². The fraction of sp³-hybridized carbons (Fsp3) is 0. The van der Waals surface area contributed by atoms with E-state index in [0.29, 0.717) is 10.6 Å². The van der Waals surface area contributed by atoms with Crippen LogP contribution in [0.15, 0.2) is 42.5 Å². The van der Waals surface area contributed by atoms with E-state index in [1.807, 2.05) is 0 Å². The molecule has 0 saturated carbocycles. The van der Waals surface area contributed by atoms with Gasteiger partial charge in [-0.25, -0.2) is 8.78 Å². The molecule has 0 aromatic heterocycles. The molecule has 0 bridgehead atoms. The minimum absolute atomic E-state index is 0.0771.